The molecule has 0 aromatic heterocycles. The molecule has 1 heterocycles. The maximum atomic E-state index is 5.03. The number of ether oxygens (including phenoxy) is 1. The summed E-state index contributed by atoms with van der Waals surface area (Å²) in [5, 5.41) is 0. The molecule has 0 radical (unpaired) electrons. The zero-order chi connectivity index (χ0) is 5.11. The first-order chi connectivity index (χ1) is 3.43. The second-order valence-electron chi connectivity index (χ2n) is 1.39. The second-order valence-corrected chi connectivity index (χ2v) is 2.32. The van der Waals surface area contributed by atoms with Crippen molar-refractivity contribution in [1.82, 2.24) is 0 Å². The SMILES string of the molecule is CSC1=CCOC1. The highest BCUT2D eigenvalue weighted by Crippen LogP contribution is 2.15. The summed E-state index contributed by atoms with van der Waals surface area (Å²) < 4.78 is 5.03. The first-order valence-electron chi connectivity index (χ1n) is 2.24. The van der Waals surface area contributed by atoms with E-state index in [1.807, 2.05) is 0 Å². The molecule has 0 atom stereocenters. The molecule has 1 nitrogen and oxygen atoms in total. The van der Waals surface area contributed by atoms with E-state index in [9.17, 15) is 0 Å². The van der Waals surface area contributed by atoms with Gasteiger partial charge >= 0.3 is 0 Å². The van der Waals surface area contributed by atoms with Crippen LogP contribution in [0.2, 0.25) is 0 Å². The van der Waals surface area contributed by atoms with Gasteiger partial charge in [0.05, 0.1) is 13.2 Å². The van der Waals surface area contributed by atoms with Crippen LogP contribution in [-0.4, -0.2) is 19.5 Å². The zero-order valence-corrected chi connectivity index (χ0v) is 5.12. The Kier molecular flexibility index (Phi) is 1.77. The average Bonchev–Trinajstić information content (AvgIpc) is 2.14. The van der Waals surface area contributed by atoms with Gasteiger partial charge in [0, 0.05) is 4.91 Å². The Morgan fingerprint density at radius 1 is 1.86 bits per heavy atom. The molecule has 40 valence electrons. The lowest BCUT2D eigenvalue weighted by atomic mass is 10.6. The number of rotatable bonds is 1. The van der Waals surface area contributed by atoms with Gasteiger partial charge < -0.3 is 4.74 Å². The van der Waals surface area contributed by atoms with Crippen molar-refractivity contribution >= 4 is 11.8 Å². The fourth-order valence-corrected chi connectivity index (χ4v) is 0.948. The summed E-state index contributed by atoms with van der Waals surface area (Å²) in [5.41, 5.74) is 0. The summed E-state index contributed by atoms with van der Waals surface area (Å²) in [4.78, 5) is 1.36. The quantitative estimate of drug-likeness (QED) is 0.510. The van der Waals surface area contributed by atoms with Crippen molar-refractivity contribution in [2.24, 2.45) is 0 Å². The molecule has 0 spiro atoms. The van der Waals surface area contributed by atoms with Crippen molar-refractivity contribution in [2.45, 2.75) is 0 Å². The fraction of sp³-hybridized carbons (Fsp3) is 0.600. The Labute approximate surface area is 47.7 Å². The van der Waals surface area contributed by atoms with Crippen LogP contribution < -0.4 is 0 Å². The van der Waals surface area contributed by atoms with Crippen molar-refractivity contribution in [3.63, 3.8) is 0 Å². The van der Waals surface area contributed by atoms with Crippen LogP contribution in [-0.2, 0) is 4.74 Å². The van der Waals surface area contributed by atoms with Crippen molar-refractivity contribution < 1.29 is 4.74 Å². The molecular formula is C5H8OS. The first-order valence-corrected chi connectivity index (χ1v) is 3.46. The molecule has 0 saturated heterocycles. The maximum absolute atomic E-state index is 5.03. The highest BCUT2D eigenvalue weighted by molar-refractivity contribution is 8.02. The molecule has 0 fully saturated rings. The average molecular weight is 116 g/mol. The van der Waals surface area contributed by atoms with Gasteiger partial charge in [-0.25, -0.2) is 0 Å². The van der Waals surface area contributed by atoms with Crippen LogP contribution in [0.1, 0.15) is 0 Å². The minimum absolute atomic E-state index is 0.816. The Morgan fingerprint density at radius 2 is 2.71 bits per heavy atom. The summed E-state index contributed by atoms with van der Waals surface area (Å²) in [6.45, 7) is 1.65. The highest BCUT2D eigenvalue weighted by atomic mass is 32.2. The lowest BCUT2D eigenvalue weighted by Gasteiger charge is -1.89. The molecule has 7 heavy (non-hydrogen) atoms. The van der Waals surface area contributed by atoms with Crippen LogP contribution in [0.3, 0.4) is 0 Å². The molecule has 0 saturated carbocycles. The van der Waals surface area contributed by atoms with E-state index in [2.05, 4.69) is 12.3 Å². The van der Waals surface area contributed by atoms with Gasteiger partial charge in [0.1, 0.15) is 0 Å². The van der Waals surface area contributed by atoms with Crippen LogP contribution in [0.5, 0.6) is 0 Å². The first kappa shape index (κ1) is 5.19. The summed E-state index contributed by atoms with van der Waals surface area (Å²) >= 11 is 1.77. The molecule has 0 aromatic rings. The van der Waals surface area contributed by atoms with Crippen LogP contribution in [0.4, 0.5) is 0 Å². The third kappa shape index (κ3) is 1.21. The monoisotopic (exact) mass is 116 g/mol. The minimum Gasteiger partial charge on any atom is -0.372 e. The number of hydrogen-bond donors (Lipinski definition) is 0. The van der Waals surface area contributed by atoms with E-state index in [0.29, 0.717) is 0 Å². The van der Waals surface area contributed by atoms with Crippen LogP contribution in [0.25, 0.3) is 0 Å². The summed E-state index contributed by atoms with van der Waals surface area (Å²) in [6.07, 6.45) is 4.19. The molecule has 1 aliphatic heterocycles. The van der Waals surface area contributed by atoms with Crippen LogP contribution >= 0.6 is 11.8 Å². The Hall–Kier alpha value is 0.0500. The molecule has 0 amide bonds. The molecule has 0 unspecified atom stereocenters. The number of thioether (sulfide) groups is 1. The lowest BCUT2D eigenvalue weighted by molar-refractivity contribution is 0.211. The molecule has 0 N–H and O–H groups in total. The van der Waals surface area contributed by atoms with Crippen LogP contribution in [0, 0.1) is 0 Å². The lowest BCUT2D eigenvalue weighted by Crippen LogP contribution is -1.81. The van der Waals surface area contributed by atoms with Gasteiger partial charge in [0.2, 0.25) is 0 Å². The van der Waals surface area contributed by atoms with E-state index >= 15 is 0 Å². The van der Waals surface area contributed by atoms with Gasteiger partial charge in [0.25, 0.3) is 0 Å². The Balaban J connectivity index is 2.36. The topological polar surface area (TPSA) is 9.23 Å². The molecule has 1 aliphatic rings. The highest BCUT2D eigenvalue weighted by Gasteiger charge is 1.99. The maximum Gasteiger partial charge on any atom is 0.0777 e. The molecule has 2 heteroatoms. The molecule has 1 rings (SSSR count). The Bertz CT molecular complexity index is 88.1. The van der Waals surface area contributed by atoms with Crippen molar-refractivity contribution in [3.8, 4) is 0 Å². The molecule has 0 bridgehead atoms. The van der Waals surface area contributed by atoms with E-state index in [-0.39, 0.29) is 0 Å². The van der Waals surface area contributed by atoms with Crippen molar-refractivity contribution in [3.05, 3.63) is 11.0 Å². The van der Waals surface area contributed by atoms with E-state index < -0.39 is 0 Å². The van der Waals surface area contributed by atoms with Gasteiger partial charge in [-0.2, -0.15) is 0 Å². The molecule has 0 aliphatic carbocycles. The van der Waals surface area contributed by atoms with E-state index in [4.69, 9.17) is 4.74 Å². The van der Waals surface area contributed by atoms with Crippen molar-refractivity contribution in [1.29, 1.82) is 0 Å². The molecular weight excluding hydrogens is 108 g/mol. The van der Waals surface area contributed by atoms with Gasteiger partial charge in [0.15, 0.2) is 0 Å². The second kappa shape index (κ2) is 2.38. The Morgan fingerprint density at radius 3 is 3.00 bits per heavy atom. The van der Waals surface area contributed by atoms with E-state index in [0.717, 1.165) is 13.2 Å². The molecule has 0 aromatic carbocycles. The normalized spacial score (nSPS) is 19.9. The predicted molar refractivity (Wildman–Crippen MR) is 32.4 cm³/mol. The largest absolute Gasteiger partial charge is 0.372 e. The summed E-state index contributed by atoms with van der Waals surface area (Å²) in [5.74, 6) is 0. The van der Waals surface area contributed by atoms with E-state index in [1.165, 1.54) is 4.91 Å². The standard InChI is InChI=1S/C5H8OS/c1-7-5-2-3-6-4-5/h2H,3-4H2,1H3. The summed E-state index contributed by atoms with van der Waals surface area (Å²) in [7, 11) is 0. The van der Waals surface area contributed by atoms with Crippen LogP contribution in [0.15, 0.2) is 11.0 Å². The fourth-order valence-electron chi connectivity index (χ4n) is 0.513. The van der Waals surface area contributed by atoms with Crippen molar-refractivity contribution in [2.75, 3.05) is 19.5 Å². The summed E-state index contributed by atoms with van der Waals surface area (Å²) in [6, 6.07) is 0. The smallest absolute Gasteiger partial charge is 0.0777 e. The minimum atomic E-state index is 0.816. The van der Waals surface area contributed by atoms with Gasteiger partial charge in [-0.15, -0.1) is 11.8 Å². The zero-order valence-electron chi connectivity index (χ0n) is 4.31. The van der Waals surface area contributed by atoms with Gasteiger partial charge in [-0.05, 0) is 12.3 Å². The third-order valence-corrected chi connectivity index (χ3v) is 1.74. The third-order valence-electron chi connectivity index (χ3n) is 0.935. The number of hydrogen-bond acceptors (Lipinski definition) is 2. The van der Waals surface area contributed by atoms with Gasteiger partial charge in [-0.3, -0.25) is 0 Å². The predicted octanol–water partition coefficient (Wildman–Crippen LogP) is 1.26. The van der Waals surface area contributed by atoms with E-state index in [1.54, 1.807) is 11.8 Å². The van der Waals surface area contributed by atoms with Gasteiger partial charge in [-0.1, -0.05) is 0 Å².